The highest BCUT2D eigenvalue weighted by Gasteiger charge is 2.83. The molecule has 3 saturated heterocycles. The number of nitrogens with zero attached hydrogens (tertiary/aromatic N) is 1. The van der Waals surface area contributed by atoms with Gasteiger partial charge in [-0.2, -0.15) is 0 Å². The van der Waals surface area contributed by atoms with Crippen LogP contribution in [-0.2, 0) is 23.7 Å². The van der Waals surface area contributed by atoms with Crippen LogP contribution in [-0.4, -0.2) is 79.5 Å². The SMILES string of the molecule is CC1(C)C(OC2CN(C3COC3)CCO2)CCC23CC24CCC2(C)C5CCC(C(=O)O)OC5CC2(C)C4CCC13. The van der Waals surface area contributed by atoms with Crippen molar-refractivity contribution in [3.63, 3.8) is 0 Å². The molecule has 2 spiro atoms. The third-order valence-corrected chi connectivity index (χ3v) is 15.1. The molecule has 7 heteroatoms. The lowest BCUT2D eigenvalue weighted by Crippen LogP contribution is -2.59. The van der Waals surface area contributed by atoms with Crippen LogP contribution >= 0.6 is 0 Å². The van der Waals surface area contributed by atoms with E-state index in [0.29, 0.717) is 35.1 Å². The van der Waals surface area contributed by atoms with Crippen LogP contribution in [0.1, 0.15) is 91.9 Å². The molecule has 8 fully saturated rings. The molecular weight excluding hydrogens is 506 g/mol. The summed E-state index contributed by atoms with van der Waals surface area (Å²) in [7, 11) is 0. The number of morpholine rings is 1. The van der Waals surface area contributed by atoms with Crippen LogP contribution in [0.25, 0.3) is 0 Å². The molecular formula is C33H51NO6. The number of carbonyl (C=O) groups is 1. The van der Waals surface area contributed by atoms with Crippen molar-refractivity contribution < 1.29 is 28.8 Å². The van der Waals surface area contributed by atoms with Gasteiger partial charge in [0.1, 0.15) is 0 Å². The predicted molar refractivity (Wildman–Crippen MR) is 149 cm³/mol. The maximum Gasteiger partial charge on any atom is 0.332 e. The molecule has 0 amide bonds. The number of carboxylic acid groups (broad SMARTS) is 1. The summed E-state index contributed by atoms with van der Waals surface area (Å²) in [5.74, 6) is 1.19. The summed E-state index contributed by atoms with van der Waals surface area (Å²) in [6, 6.07) is 0.539. The van der Waals surface area contributed by atoms with Gasteiger partial charge in [-0.05, 0) is 109 Å². The van der Waals surface area contributed by atoms with Crippen molar-refractivity contribution in [2.24, 2.45) is 44.8 Å². The molecule has 3 heterocycles. The van der Waals surface area contributed by atoms with Gasteiger partial charge in [-0.25, -0.2) is 4.79 Å². The fourth-order valence-electron chi connectivity index (χ4n) is 12.8. The van der Waals surface area contributed by atoms with E-state index in [2.05, 4.69) is 32.6 Å². The highest BCUT2D eigenvalue weighted by Crippen LogP contribution is 2.89. The Hall–Kier alpha value is -0.730. The zero-order valence-electron chi connectivity index (χ0n) is 25.2. The fraction of sp³-hybridized carbons (Fsp3) is 0.970. The number of carboxylic acids is 1. The summed E-state index contributed by atoms with van der Waals surface area (Å²) in [4.78, 5) is 14.3. The van der Waals surface area contributed by atoms with Gasteiger partial charge in [0.2, 0.25) is 0 Å². The number of fused-ring (bicyclic) bond motifs is 4. The zero-order chi connectivity index (χ0) is 27.7. The summed E-state index contributed by atoms with van der Waals surface area (Å²) >= 11 is 0. The molecule has 8 aliphatic rings. The van der Waals surface area contributed by atoms with E-state index in [1.54, 1.807) is 0 Å². The van der Waals surface area contributed by atoms with Crippen LogP contribution < -0.4 is 0 Å². The zero-order valence-corrected chi connectivity index (χ0v) is 25.2. The van der Waals surface area contributed by atoms with E-state index in [0.717, 1.165) is 58.1 Å². The van der Waals surface area contributed by atoms with E-state index in [1.807, 2.05) is 0 Å². The average Bonchev–Trinajstić information content (AvgIpc) is 3.48. The largest absolute Gasteiger partial charge is 0.479 e. The second-order valence-electron chi connectivity index (χ2n) is 16.4. The summed E-state index contributed by atoms with van der Waals surface area (Å²) in [6.07, 6.45) is 11.5. The van der Waals surface area contributed by atoms with Crippen molar-refractivity contribution in [2.75, 3.05) is 32.9 Å². The summed E-state index contributed by atoms with van der Waals surface area (Å²) < 4.78 is 24.8. The minimum atomic E-state index is -0.772. The van der Waals surface area contributed by atoms with E-state index in [1.165, 1.54) is 38.5 Å². The maximum atomic E-state index is 11.8. The monoisotopic (exact) mass is 557 g/mol. The Morgan fingerprint density at radius 2 is 1.70 bits per heavy atom. The molecule has 0 aromatic rings. The van der Waals surface area contributed by atoms with E-state index < -0.39 is 12.1 Å². The fourth-order valence-corrected chi connectivity index (χ4v) is 12.8. The Kier molecular flexibility index (Phi) is 5.83. The first kappa shape index (κ1) is 26.9. The van der Waals surface area contributed by atoms with Gasteiger partial charge >= 0.3 is 5.97 Å². The molecule has 5 saturated carbocycles. The minimum absolute atomic E-state index is 0.120. The smallest absolute Gasteiger partial charge is 0.332 e. The quantitative estimate of drug-likeness (QED) is 0.515. The second-order valence-corrected chi connectivity index (χ2v) is 16.4. The van der Waals surface area contributed by atoms with Crippen LogP contribution in [0.15, 0.2) is 0 Å². The average molecular weight is 558 g/mol. The van der Waals surface area contributed by atoms with Crippen LogP contribution in [0.4, 0.5) is 0 Å². The van der Waals surface area contributed by atoms with Crippen molar-refractivity contribution in [3.05, 3.63) is 0 Å². The van der Waals surface area contributed by atoms with E-state index in [-0.39, 0.29) is 34.7 Å². The molecule has 224 valence electrons. The number of rotatable bonds is 4. The topological polar surface area (TPSA) is 77.5 Å². The lowest BCUT2D eigenvalue weighted by atomic mass is 9.42. The van der Waals surface area contributed by atoms with Gasteiger partial charge in [0.05, 0.1) is 44.6 Å². The molecule has 11 atom stereocenters. The molecule has 5 aliphatic carbocycles. The molecule has 40 heavy (non-hydrogen) atoms. The standard InChI is InChI=1S/C33H51NO6/c1-29(2)24-7-8-25-31(4)15-23-21(5-6-22(39-23)28(35)36)30(31,3)11-12-33(25)19-32(24,33)10-9-26(29)40-27-16-34(13-14-38-27)20-17-37-18-20/h20-27H,5-19H2,1-4H3,(H,35,36). The number of hydrogen-bond acceptors (Lipinski definition) is 6. The van der Waals surface area contributed by atoms with E-state index in [4.69, 9.17) is 18.9 Å². The Morgan fingerprint density at radius 3 is 2.45 bits per heavy atom. The molecule has 0 radical (unpaired) electrons. The van der Waals surface area contributed by atoms with Crippen LogP contribution in [0, 0.1) is 44.8 Å². The molecule has 1 N–H and O–H groups in total. The van der Waals surface area contributed by atoms with Crippen molar-refractivity contribution in [2.45, 2.75) is 123 Å². The Bertz CT molecular complexity index is 1060. The van der Waals surface area contributed by atoms with E-state index in [9.17, 15) is 9.90 Å². The highest BCUT2D eigenvalue weighted by molar-refractivity contribution is 5.72. The highest BCUT2D eigenvalue weighted by atomic mass is 16.7. The third kappa shape index (κ3) is 3.33. The summed E-state index contributed by atoms with van der Waals surface area (Å²) in [6.45, 7) is 14.5. The first-order valence-corrected chi connectivity index (χ1v) is 16.5. The van der Waals surface area contributed by atoms with Crippen LogP contribution in [0.5, 0.6) is 0 Å². The summed E-state index contributed by atoms with van der Waals surface area (Å²) in [5.41, 5.74) is 1.57. The lowest BCUT2D eigenvalue weighted by Gasteiger charge is -2.63. The van der Waals surface area contributed by atoms with Crippen LogP contribution in [0.2, 0.25) is 0 Å². The van der Waals surface area contributed by atoms with Crippen molar-refractivity contribution >= 4 is 5.97 Å². The van der Waals surface area contributed by atoms with Crippen molar-refractivity contribution in [1.82, 2.24) is 4.90 Å². The van der Waals surface area contributed by atoms with Gasteiger partial charge in [-0.1, -0.05) is 27.7 Å². The third-order valence-electron chi connectivity index (χ3n) is 15.1. The van der Waals surface area contributed by atoms with Gasteiger partial charge in [0.15, 0.2) is 12.4 Å². The summed E-state index contributed by atoms with van der Waals surface area (Å²) in [5, 5.41) is 9.68. The number of ether oxygens (including phenoxy) is 4. The molecule has 0 aromatic carbocycles. The molecule has 7 nitrogen and oxygen atoms in total. The van der Waals surface area contributed by atoms with Gasteiger partial charge in [0, 0.05) is 6.54 Å². The van der Waals surface area contributed by atoms with Crippen LogP contribution in [0.3, 0.4) is 0 Å². The van der Waals surface area contributed by atoms with Gasteiger partial charge in [-0.15, -0.1) is 0 Å². The normalized spacial score (nSPS) is 55.1. The first-order chi connectivity index (χ1) is 19.0. The van der Waals surface area contributed by atoms with Gasteiger partial charge in [0.25, 0.3) is 0 Å². The number of aliphatic carboxylic acids is 1. The molecule has 8 rings (SSSR count). The van der Waals surface area contributed by atoms with Gasteiger partial charge in [-0.3, -0.25) is 4.90 Å². The lowest BCUT2D eigenvalue weighted by molar-refractivity contribution is -0.255. The molecule has 0 bridgehead atoms. The van der Waals surface area contributed by atoms with Crippen molar-refractivity contribution in [1.29, 1.82) is 0 Å². The van der Waals surface area contributed by atoms with E-state index >= 15 is 0 Å². The molecule has 11 unspecified atom stereocenters. The predicted octanol–water partition coefficient (Wildman–Crippen LogP) is 5.11. The Labute approximate surface area is 240 Å². The number of hydrogen-bond donors (Lipinski definition) is 1. The maximum absolute atomic E-state index is 11.8. The second kappa shape index (κ2) is 8.68. The first-order valence-electron chi connectivity index (χ1n) is 16.5. The Balaban J connectivity index is 1.01. The minimum Gasteiger partial charge on any atom is -0.479 e. The van der Waals surface area contributed by atoms with Gasteiger partial charge < -0.3 is 24.1 Å². The molecule has 3 aliphatic heterocycles. The Morgan fingerprint density at radius 1 is 0.925 bits per heavy atom. The molecule has 0 aromatic heterocycles. The van der Waals surface area contributed by atoms with Crippen molar-refractivity contribution in [3.8, 4) is 0 Å².